The van der Waals surface area contributed by atoms with Crippen LogP contribution in [0.2, 0.25) is 0 Å². The van der Waals surface area contributed by atoms with Crippen LogP contribution in [0.3, 0.4) is 0 Å². The van der Waals surface area contributed by atoms with Gasteiger partial charge in [0.05, 0.1) is 11.1 Å². The lowest BCUT2D eigenvalue weighted by molar-refractivity contribution is -0.188. The summed E-state index contributed by atoms with van der Waals surface area (Å²) in [4.78, 5) is 66.1. The fourth-order valence-electron chi connectivity index (χ4n) is 4.33. The Hall–Kier alpha value is -3.23. The van der Waals surface area contributed by atoms with Gasteiger partial charge in [-0.2, -0.15) is 0 Å². The fraction of sp³-hybridized carbons (Fsp3) is 0.500. The van der Waals surface area contributed by atoms with Gasteiger partial charge >= 0.3 is 5.97 Å². The lowest BCUT2D eigenvalue weighted by Gasteiger charge is -2.43. The number of carbonyl (C=O) groups excluding carboxylic acids is 5. The third-order valence-electron chi connectivity index (χ3n) is 5.65. The van der Waals surface area contributed by atoms with E-state index in [0.717, 1.165) is 9.91 Å². The van der Waals surface area contributed by atoms with E-state index in [1.54, 1.807) is 45.0 Å². The van der Waals surface area contributed by atoms with Gasteiger partial charge in [0, 0.05) is 13.0 Å². The lowest BCUT2D eigenvalue weighted by atomic mass is 10.1. The maximum atomic E-state index is 13.6. The van der Waals surface area contributed by atoms with Crippen molar-refractivity contribution >= 4 is 29.6 Å². The predicted molar refractivity (Wildman–Crippen MR) is 107 cm³/mol. The van der Waals surface area contributed by atoms with Crippen LogP contribution in [0.5, 0.6) is 0 Å². The van der Waals surface area contributed by atoms with Crippen LogP contribution in [0.4, 0.5) is 0 Å². The van der Waals surface area contributed by atoms with Gasteiger partial charge in [0.15, 0.2) is 6.04 Å². The molecule has 0 saturated carbocycles. The summed E-state index contributed by atoms with van der Waals surface area (Å²) in [5.41, 5.74) is -0.301. The summed E-state index contributed by atoms with van der Waals surface area (Å²) in [6.07, 6.45) is 0.870. The van der Waals surface area contributed by atoms with E-state index in [0.29, 0.717) is 19.4 Å². The molecular formula is C22H25N3O6. The minimum absolute atomic E-state index is 0.0111. The van der Waals surface area contributed by atoms with Crippen LogP contribution in [0.25, 0.3) is 0 Å². The first-order chi connectivity index (χ1) is 14.6. The first-order valence-corrected chi connectivity index (χ1v) is 10.4. The highest BCUT2D eigenvalue weighted by atomic mass is 16.6. The first kappa shape index (κ1) is 21.0. The molecule has 1 aromatic carbocycles. The molecule has 9 nitrogen and oxygen atoms in total. The fourth-order valence-corrected chi connectivity index (χ4v) is 4.33. The Kier molecular flexibility index (Phi) is 5.07. The minimum atomic E-state index is -1.16. The van der Waals surface area contributed by atoms with Crippen molar-refractivity contribution < 1.29 is 28.7 Å². The van der Waals surface area contributed by atoms with Crippen molar-refractivity contribution in [3.05, 3.63) is 35.4 Å². The molecule has 9 heteroatoms. The van der Waals surface area contributed by atoms with Gasteiger partial charge in [-0.15, -0.1) is 0 Å². The smallest absolute Gasteiger partial charge is 0.331 e. The quantitative estimate of drug-likeness (QED) is 0.524. The number of nitrogens with zero attached hydrogens (tertiary/aromatic N) is 3. The van der Waals surface area contributed by atoms with Crippen molar-refractivity contribution in [1.29, 1.82) is 0 Å². The molecule has 0 aliphatic carbocycles. The number of esters is 1. The number of amides is 4. The Labute approximate surface area is 179 Å². The van der Waals surface area contributed by atoms with E-state index in [1.807, 2.05) is 0 Å². The molecule has 1 unspecified atom stereocenters. The van der Waals surface area contributed by atoms with E-state index in [4.69, 9.17) is 4.74 Å². The van der Waals surface area contributed by atoms with Crippen molar-refractivity contribution in [1.82, 2.24) is 14.9 Å². The average molecular weight is 427 g/mol. The predicted octanol–water partition coefficient (Wildman–Crippen LogP) is 1.52. The standard InChI is InChI=1S/C22H25N3O6/c1-22(2,3)31-21(30)16-9-6-12-23-17(26)11-10-15(20(29)25(16)23)24-18(27)13-7-4-5-8-14(13)19(24)28/h4-5,7-8,15-16H,6,9-12H2,1-3H3/t15?,16-/m0/s1. The van der Waals surface area contributed by atoms with Crippen LogP contribution in [0.15, 0.2) is 24.3 Å². The van der Waals surface area contributed by atoms with Gasteiger partial charge in [-0.25, -0.2) is 9.80 Å². The molecule has 1 aromatic rings. The number of imide groups is 1. The summed E-state index contributed by atoms with van der Waals surface area (Å²) in [7, 11) is 0. The molecule has 0 spiro atoms. The molecule has 31 heavy (non-hydrogen) atoms. The minimum Gasteiger partial charge on any atom is -0.458 e. The molecule has 3 heterocycles. The molecule has 0 aromatic heterocycles. The Bertz CT molecular complexity index is 947. The Balaban J connectivity index is 1.69. The Morgan fingerprint density at radius 3 is 2.19 bits per heavy atom. The highest BCUT2D eigenvalue weighted by Gasteiger charge is 2.50. The molecule has 0 bridgehead atoms. The van der Waals surface area contributed by atoms with Crippen molar-refractivity contribution in [3.63, 3.8) is 0 Å². The second kappa shape index (κ2) is 7.47. The van der Waals surface area contributed by atoms with E-state index in [9.17, 15) is 24.0 Å². The number of benzene rings is 1. The molecule has 4 amide bonds. The molecule has 2 atom stereocenters. The maximum Gasteiger partial charge on any atom is 0.331 e. The molecule has 0 radical (unpaired) electrons. The van der Waals surface area contributed by atoms with Gasteiger partial charge in [0.1, 0.15) is 11.6 Å². The largest absolute Gasteiger partial charge is 0.458 e. The molecule has 164 valence electrons. The number of ether oxygens (including phenoxy) is 1. The van der Waals surface area contributed by atoms with Crippen molar-refractivity contribution in [3.8, 4) is 0 Å². The second-order valence-electron chi connectivity index (χ2n) is 8.97. The van der Waals surface area contributed by atoms with Crippen molar-refractivity contribution in [2.75, 3.05) is 6.54 Å². The van der Waals surface area contributed by atoms with Crippen LogP contribution in [-0.2, 0) is 19.1 Å². The maximum absolute atomic E-state index is 13.6. The molecule has 3 aliphatic heterocycles. The average Bonchev–Trinajstić information content (AvgIpc) is 2.89. The van der Waals surface area contributed by atoms with E-state index in [1.165, 1.54) is 5.01 Å². The van der Waals surface area contributed by atoms with E-state index in [-0.39, 0.29) is 29.9 Å². The van der Waals surface area contributed by atoms with Gasteiger partial charge in [-0.3, -0.25) is 29.1 Å². The van der Waals surface area contributed by atoms with Crippen LogP contribution in [0.1, 0.15) is 67.2 Å². The number of fused-ring (bicyclic) bond motifs is 2. The summed E-state index contributed by atoms with van der Waals surface area (Å²) in [6, 6.07) is 4.23. The van der Waals surface area contributed by atoms with Gasteiger partial charge in [-0.1, -0.05) is 12.1 Å². The first-order valence-electron chi connectivity index (χ1n) is 10.4. The van der Waals surface area contributed by atoms with E-state index >= 15 is 0 Å². The van der Waals surface area contributed by atoms with E-state index < -0.39 is 41.4 Å². The normalized spacial score (nSPS) is 24.2. The SMILES string of the molecule is CC(C)(C)OC(=O)[C@@H]1CCCN2C(=O)CCC(N3C(=O)c4ccccc4C3=O)C(=O)N12. The zero-order valence-corrected chi connectivity index (χ0v) is 17.8. The number of carbonyl (C=O) groups is 5. The molecule has 0 N–H and O–H groups in total. The molecule has 2 saturated heterocycles. The zero-order valence-electron chi connectivity index (χ0n) is 17.8. The number of rotatable bonds is 2. The Morgan fingerprint density at radius 1 is 1.00 bits per heavy atom. The van der Waals surface area contributed by atoms with Gasteiger partial charge in [-0.05, 0) is 52.2 Å². The van der Waals surface area contributed by atoms with Crippen LogP contribution >= 0.6 is 0 Å². The summed E-state index contributed by atoms with van der Waals surface area (Å²) in [5.74, 6) is -2.67. The summed E-state index contributed by atoms with van der Waals surface area (Å²) < 4.78 is 5.49. The van der Waals surface area contributed by atoms with Crippen LogP contribution in [-0.4, -0.2) is 68.7 Å². The second-order valence-corrected chi connectivity index (χ2v) is 8.97. The Morgan fingerprint density at radius 2 is 1.61 bits per heavy atom. The third-order valence-corrected chi connectivity index (χ3v) is 5.65. The lowest BCUT2D eigenvalue weighted by Crippen LogP contribution is -2.63. The topological polar surface area (TPSA) is 104 Å². The number of hydrogen-bond acceptors (Lipinski definition) is 6. The molecular weight excluding hydrogens is 402 g/mol. The summed E-state index contributed by atoms with van der Waals surface area (Å²) >= 11 is 0. The summed E-state index contributed by atoms with van der Waals surface area (Å²) in [6.45, 7) is 5.46. The highest BCUT2D eigenvalue weighted by Crippen LogP contribution is 2.32. The zero-order chi connectivity index (χ0) is 22.5. The molecule has 2 fully saturated rings. The monoisotopic (exact) mass is 427 g/mol. The summed E-state index contributed by atoms with van der Waals surface area (Å²) in [5, 5.41) is 2.40. The van der Waals surface area contributed by atoms with Crippen LogP contribution < -0.4 is 0 Å². The molecule has 4 rings (SSSR count). The van der Waals surface area contributed by atoms with Gasteiger partial charge in [0.2, 0.25) is 5.91 Å². The van der Waals surface area contributed by atoms with Gasteiger partial charge in [0.25, 0.3) is 17.7 Å². The van der Waals surface area contributed by atoms with Crippen molar-refractivity contribution in [2.24, 2.45) is 0 Å². The third kappa shape index (κ3) is 3.58. The van der Waals surface area contributed by atoms with Crippen molar-refractivity contribution in [2.45, 2.75) is 64.1 Å². The highest BCUT2D eigenvalue weighted by molar-refractivity contribution is 6.23. The number of hydrogen-bond donors (Lipinski definition) is 0. The molecule has 3 aliphatic rings. The van der Waals surface area contributed by atoms with E-state index in [2.05, 4.69) is 0 Å². The van der Waals surface area contributed by atoms with Crippen LogP contribution in [0, 0.1) is 0 Å². The van der Waals surface area contributed by atoms with Gasteiger partial charge < -0.3 is 4.74 Å². The number of hydrazine groups is 1.